The van der Waals surface area contributed by atoms with Gasteiger partial charge in [-0.1, -0.05) is 12.1 Å². The summed E-state index contributed by atoms with van der Waals surface area (Å²) in [4.78, 5) is 16.3. The molecular weight excluding hydrogens is 254 g/mol. The van der Waals surface area contributed by atoms with Crippen LogP contribution in [0.3, 0.4) is 0 Å². The average molecular weight is 260 g/mol. The van der Waals surface area contributed by atoms with Crippen LogP contribution in [0.15, 0.2) is 29.4 Å². The van der Waals surface area contributed by atoms with E-state index in [2.05, 4.69) is 9.97 Å². The van der Waals surface area contributed by atoms with E-state index in [1.54, 1.807) is 18.2 Å². The van der Waals surface area contributed by atoms with E-state index >= 15 is 0 Å². The highest BCUT2D eigenvalue weighted by Crippen LogP contribution is 2.25. The maximum atomic E-state index is 13.0. The van der Waals surface area contributed by atoms with Crippen LogP contribution in [0.25, 0.3) is 11.0 Å². The molecule has 0 amide bonds. The van der Waals surface area contributed by atoms with Gasteiger partial charge >= 0.3 is 11.2 Å². The van der Waals surface area contributed by atoms with Gasteiger partial charge in [0.2, 0.25) is 5.16 Å². The molecule has 2 N–H and O–H groups in total. The van der Waals surface area contributed by atoms with Gasteiger partial charge in [-0.3, -0.25) is 0 Å². The topological polar surface area (TPSA) is 83.0 Å². The second-order valence-electron chi connectivity index (χ2n) is 3.15. The van der Waals surface area contributed by atoms with Crippen molar-refractivity contribution in [2.24, 2.45) is 0 Å². The van der Waals surface area contributed by atoms with Gasteiger partial charge in [0.1, 0.15) is 0 Å². The van der Waals surface area contributed by atoms with Crippen molar-refractivity contribution in [1.29, 1.82) is 0 Å². The summed E-state index contributed by atoms with van der Waals surface area (Å²) in [6, 6.07) is 6.36. The second kappa shape index (κ2) is 3.88. The normalized spacial score (nSPS) is 13.8. The zero-order chi connectivity index (χ0) is 12.6. The highest BCUT2D eigenvalue weighted by atomic mass is 32.2. The Bertz CT molecular complexity index is 578. The maximum Gasteiger partial charge on any atom is 0.422 e. The molecule has 0 radical (unpaired) electrons. The molecule has 0 bridgehead atoms. The first-order chi connectivity index (χ1) is 7.93. The summed E-state index contributed by atoms with van der Waals surface area (Å²) in [7, 11) is -3.06. The van der Waals surface area contributed by atoms with Crippen LogP contribution in [0.2, 0.25) is 0 Å². The summed E-state index contributed by atoms with van der Waals surface area (Å²) >= 11 is 0. The summed E-state index contributed by atoms with van der Waals surface area (Å²) in [6.45, 7) is 0. The molecule has 1 atom stereocenters. The van der Waals surface area contributed by atoms with E-state index in [1.807, 2.05) is 0 Å². The Morgan fingerprint density at radius 1 is 1.41 bits per heavy atom. The van der Waals surface area contributed by atoms with Crippen LogP contribution < -0.4 is 0 Å². The fourth-order valence-electron chi connectivity index (χ4n) is 1.22. The number of H-pyrrole nitrogens is 1. The van der Waals surface area contributed by atoms with Gasteiger partial charge in [0.25, 0.3) is 0 Å². The number of aromatic nitrogens is 2. The summed E-state index contributed by atoms with van der Waals surface area (Å²) < 4.78 is 37.4. The van der Waals surface area contributed by atoms with Crippen molar-refractivity contribution in [3.63, 3.8) is 0 Å². The Hall–Kier alpha value is -1.83. The highest BCUT2D eigenvalue weighted by molar-refractivity contribution is 7.86. The number of alkyl halides is 2. The first-order valence-corrected chi connectivity index (χ1v) is 5.56. The van der Waals surface area contributed by atoms with Gasteiger partial charge < -0.3 is 10.1 Å². The van der Waals surface area contributed by atoms with E-state index in [4.69, 9.17) is 5.11 Å². The van der Waals surface area contributed by atoms with E-state index < -0.39 is 27.2 Å². The monoisotopic (exact) mass is 260 g/mol. The molecule has 1 aromatic carbocycles. The second-order valence-corrected chi connectivity index (χ2v) is 4.59. The molecule has 0 aliphatic carbocycles. The number of rotatable bonds is 3. The average Bonchev–Trinajstić information content (AvgIpc) is 2.70. The van der Waals surface area contributed by atoms with E-state index in [9.17, 15) is 17.8 Å². The van der Waals surface area contributed by atoms with Crippen LogP contribution in [-0.4, -0.2) is 30.5 Å². The number of hydrogen-bond donors (Lipinski definition) is 2. The molecule has 5 nitrogen and oxygen atoms in total. The molecule has 2 aromatic rings. The van der Waals surface area contributed by atoms with E-state index in [0.29, 0.717) is 11.0 Å². The maximum absolute atomic E-state index is 13.0. The number of aromatic amines is 1. The van der Waals surface area contributed by atoms with E-state index in [0.717, 1.165) is 0 Å². The quantitative estimate of drug-likeness (QED) is 0.872. The Morgan fingerprint density at radius 3 is 2.65 bits per heavy atom. The number of fused-ring (bicyclic) bond motifs is 1. The number of para-hydroxylation sites is 2. The van der Waals surface area contributed by atoms with Crippen LogP contribution in [0.4, 0.5) is 8.78 Å². The summed E-state index contributed by atoms with van der Waals surface area (Å²) in [5, 5.41) is 3.34. The number of aliphatic carboxylic acids is 1. The largest absolute Gasteiger partial charge is 0.476 e. The summed E-state index contributed by atoms with van der Waals surface area (Å²) in [5.41, 5.74) is 0.758. The highest BCUT2D eigenvalue weighted by Gasteiger charge is 2.48. The van der Waals surface area contributed by atoms with Crippen LogP contribution in [-0.2, 0) is 15.6 Å². The van der Waals surface area contributed by atoms with Gasteiger partial charge in [0.15, 0.2) is 10.8 Å². The number of carboxylic acid groups (broad SMARTS) is 1. The molecule has 8 heteroatoms. The molecular formula is C9H6F2N2O3S. The first kappa shape index (κ1) is 11.6. The van der Waals surface area contributed by atoms with Crippen molar-refractivity contribution in [1.82, 2.24) is 9.97 Å². The van der Waals surface area contributed by atoms with Crippen molar-refractivity contribution in [2.45, 2.75) is 10.4 Å². The minimum atomic E-state index is -4.37. The number of hydrogen-bond acceptors (Lipinski definition) is 3. The van der Waals surface area contributed by atoms with E-state index in [-0.39, 0.29) is 0 Å². The van der Waals surface area contributed by atoms with Crippen LogP contribution >= 0.6 is 0 Å². The Morgan fingerprint density at radius 2 is 2.06 bits per heavy atom. The molecule has 0 aliphatic rings. The molecule has 0 spiro atoms. The van der Waals surface area contributed by atoms with Crippen molar-refractivity contribution in [3.05, 3.63) is 24.3 Å². The zero-order valence-electron chi connectivity index (χ0n) is 8.18. The van der Waals surface area contributed by atoms with Gasteiger partial charge in [-0.25, -0.2) is 14.0 Å². The summed E-state index contributed by atoms with van der Waals surface area (Å²) in [5.74, 6) is -2.45. The van der Waals surface area contributed by atoms with Crippen LogP contribution in [0.5, 0.6) is 0 Å². The lowest BCUT2D eigenvalue weighted by Gasteiger charge is -2.07. The van der Waals surface area contributed by atoms with Crippen LogP contribution in [0.1, 0.15) is 0 Å². The van der Waals surface area contributed by atoms with Gasteiger partial charge in [0.05, 0.1) is 11.0 Å². The molecule has 1 aromatic heterocycles. The fourth-order valence-corrected chi connectivity index (χ4v) is 2.00. The van der Waals surface area contributed by atoms with Crippen molar-refractivity contribution in [2.75, 3.05) is 0 Å². The molecule has 0 saturated carbocycles. The molecule has 17 heavy (non-hydrogen) atoms. The summed E-state index contributed by atoms with van der Waals surface area (Å²) in [6.07, 6.45) is 0. The number of carbonyl (C=O) groups is 1. The van der Waals surface area contributed by atoms with Crippen molar-refractivity contribution in [3.8, 4) is 0 Å². The molecule has 0 aliphatic heterocycles. The van der Waals surface area contributed by atoms with Crippen molar-refractivity contribution < 1.29 is 22.9 Å². The smallest absolute Gasteiger partial charge is 0.422 e. The molecule has 1 heterocycles. The first-order valence-electron chi connectivity index (χ1n) is 4.41. The lowest BCUT2D eigenvalue weighted by Crippen LogP contribution is -2.33. The third-order valence-corrected chi connectivity index (χ3v) is 3.21. The van der Waals surface area contributed by atoms with Gasteiger partial charge in [0, 0.05) is 0 Å². The lowest BCUT2D eigenvalue weighted by atomic mass is 10.3. The standard InChI is InChI=1S/C9H6F2N2O3S/c10-9(11,7(14)15)17(16)8-12-5-3-1-2-4-6(5)13-8/h1-4H,(H,12,13)(H,14,15)/t17-/m0/s1. The van der Waals surface area contributed by atoms with Crippen molar-refractivity contribution >= 4 is 27.8 Å². The third-order valence-electron chi connectivity index (χ3n) is 2.03. The lowest BCUT2D eigenvalue weighted by molar-refractivity contribution is -0.153. The zero-order valence-corrected chi connectivity index (χ0v) is 9.00. The molecule has 0 unspecified atom stereocenters. The number of benzene rings is 1. The number of carboxylic acids is 1. The Kier molecular flexibility index (Phi) is 2.66. The van der Waals surface area contributed by atoms with Crippen LogP contribution in [0, 0.1) is 0 Å². The molecule has 2 rings (SSSR count). The predicted molar refractivity (Wildman–Crippen MR) is 55.1 cm³/mol. The Balaban J connectivity index is 2.47. The third kappa shape index (κ3) is 1.91. The SMILES string of the molecule is O=C(O)C(F)(F)[S@@](=O)c1nc2ccccc2[nH]1. The minimum absolute atomic E-state index is 0.344. The molecule has 0 saturated heterocycles. The number of halogens is 2. The van der Waals surface area contributed by atoms with Gasteiger partial charge in [-0.05, 0) is 12.1 Å². The Labute approximate surface area is 95.9 Å². The molecule has 0 fully saturated rings. The predicted octanol–water partition coefficient (Wildman–Crippen LogP) is 1.35. The van der Waals surface area contributed by atoms with Gasteiger partial charge in [-0.15, -0.1) is 0 Å². The molecule has 90 valence electrons. The number of imidazole rings is 1. The van der Waals surface area contributed by atoms with E-state index in [1.165, 1.54) is 6.07 Å². The fraction of sp³-hybridized carbons (Fsp3) is 0.111. The number of nitrogens with one attached hydrogen (secondary N) is 1. The number of nitrogens with zero attached hydrogens (tertiary/aromatic N) is 1. The van der Waals surface area contributed by atoms with Gasteiger partial charge in [-0.2, -0.15) is 8.78 Å². The minimum Gasteiger partial charge on any atom is -0.476 e.